The van der Waals surface area contributed by atoms with Crippen molar-refractivity contribution in [2.45, 2.75) is 65.8 Å². The second-order valence-corrected chi connectivity index (χ2v) is 6.03. The molecule has 1 rings (SSSR count). The van der Waals surface area contributed by atoms with E-state index >= 15 is 0 Å². The minimum Gasteiger partial charge on any atom is -0.493 e. The van der Waals surface area contributed by atoms with Gasteiger partial charge in [-0.1, -0.05) is 34.6 Å². The zero-order valence-corrected chi connectivity index (χ0v) is 11.5. The number of aromatic nitrogens is 2. The van der Waals surface area contributed by atoms with Gasteiger partial charge in [0.1, 0.15) is 0 Å². The third-order valence-electron chi connectivity index (χ3n) is 2.70. The molecule has 0 fully saturated rings. The molecule has 0 saturated heterocycles. The van der Waals surface area contributed by atoms with E-state index < -0.39 is 0 Å². The Hall–Kier alpha value is -0.990. The quantitative estimate of drug-likeness (QED) is 0.833. The van der Waals surface area contributed by atoms with Gasteiger partial charge in [-0.05, 0) is 19.8 Å². The molecule has 0 spiro atoms. The average Bonchev–Trinajstić information content (AvgIpc) is 2.41. The molecule has 0 aromatic carbocycles. The van der Waals surface area contributed by atoms with Crippen molar-refractivity contribution in [2.24, 2.45) is 0 Å². The Morgan fingerprint density at radius 1 is 1.12 bits per heavy atom. The number of hydrogen-bond donors (Lipinski definition) is 1. The van der Waals surface area contributed by atoms with E-state index in [0.29, 0.717) is 11.8 Å². The van der Waals surface area contributed by atoms with Gasteiger partial charge in [-0.15, -0.1) is 0 Å². The number of hydrogen-bond acceptors (Lipinski definition) is 2. The minimum absolute atomic E-state index is 0.0305. The molecule has 0 aliphatic heterocycles. The zero-order valence-electron chi connectivity index (χ0n) is 11.5. The third-order valence-corrected chi connectivity index (χ3v) is 2.70. The van der Waals surface area contributed by atoms with Crippen LogP contribution in [-0.2, 0) is 5.41 Å². The highest BCUT2D eigenvalue weighted by molar-refractivity contribution is 5.37. The summed E-state index contributed by atoms with van der Waals surface area (Å²) >= 11 is 0. The molecule has 0 bridgehead atoms. The highest BCUT2D eigenvalue weighted by atomic mass is 16.3. The number of rotatable bonds is 2. The van der Waals surface area contributed by atoms with Gasteiger partial charge in [0.15, 0.2) is 0 Å². The van der Waals surface area contributed by atoms with Crippen LogP contribution in [0.5, 0.6) is 5.88 Å². The van der Waals surface area contributed by atoms with Crippen LogP contribution in [0.2, 0.25) is 0 Å². The zero-order chi connectivity index (χ0) is 12.7. The van der Waals surface area contributed by atoms with Crippen molar-refractivity contribution in [1.82, 2.24) is 9.78 Å². The minimum atomic E-state index is -0.0305. The van der Waals surface area contributed by atoms with Crippen LogP contribution in [0.3, 0.4) is 0 Å². The van der Waals surface area contributed by atoms with E-state index in [0.717, 1.165) is 11.3 Å². The molecule has 3 nitrogen and oxygen atoms in total. The highest BCUT2D eigenvalue weighted by Gasteiger charge is 2.28. The van der Waals surface area contributed by atoms with Crippen molar-refractivity contribution >= 4 is 0 Å². The van der Waals surface area contributed by atoms with E-state index in [1.165, 1.54) is 0 Å². The molecule has 0 aliphatic rings. The standard InChI is InChI=1S/C13H24N2O/c1-8(2)10-11(13(5,6)7)14-15(9(3)4)12(10)16/h8-9,16H,1-7H3. The van der Waals surface area contributed by atoms with Crippen LogP contribution in [0.15, 0.2) is 0 Å². The Morgan fingerprint density at radius 2 is 1.62 bits per heavy atom. The molecule has 0 radical (unpaired) electrons. The molecule has 0 aliphatic carbocycles. The summed E-state index contributed by atoms with van der Waals surface area (Å²) in [6.45, 7) is 14.6. The molecule has 1 aromatic heterocycles. The first kappa shape index (κ1) is 13.1. The third kappa shape index (κ3) is 2.23. The van der Waals surface area contributed by atoms with Crippen LogP contribution in [-0.4, -0.2) is 14.9 Å². The predicted octanol–water partition coefficient (Wildman–Crippen LogP) is 3.59. The largest absolute Gasteiger partial charge is 0.493 e. The van der Waals surface area contributed by atoms with E-state index in [1.807, 2.05) is 13.8 Å². The lowest BCUT2D eigenvalue weighted by atomic mass is 9.86. The Bertz CT molecular complexity index is 370. The first-order valence-corrected chi connectivity index (χ1v) is 5.98. The number of nitrogens with zero attached hydrogens (tertiary/aromatic N) is 2. The Morgan fingerprint density at radius 3 is 1.88 bits per heavy atom. The van der Waals surface area contributed by atoms with E-state index in [2.05, 4.69) is 39.7 Å². The van der Waals surface area contributed by atoms with Crippen LogP contribution >= 0.6 is 0 Å². The molecule has 1 N–H and O–H groups in total. The van der Waals surface area contributed by atoms with Crippen LogP contribution in [0.1, 0.15) is 71.7 Å². The lowest BCUT2D eigenvalue weighted by Crippen LogP contribution is -2.15. The van der Waals surface area contributed by atoms with Gasteiger partial charge in [0.25, 0.3) is 0 Å². The van der Waals surface area contributed by atoms with Gasteiger partial charge < -0.3 is 5.11 Å². The van der Waals surface area contributed by atoms with Crippen molar-refractivity contribution in [2.75, 3.05) is 0 Å². The Kier molecular flexibility index (Phi) is 3.36. The summed E-state index contributed by atoms with van der Waals surface area (Å²) in [5.41, 5.74) is 1.96. The summed E-state index contributed by atoms with van der Waals surface area (Å²) in [6.07, 6.45) is 0. The van der Waals surface area contributed by atoms with Gasteiger partial charge in [-0.3, -0.25) is 0 Å². The highest BCUT2D eigenvalue weighted by Crippen LogP contribution is 2.36. The predicted molar refractivity (Wildman–Crippen MR) is 67.1 cm³/mol. The fraction of sp³-hybridized carbons (Fsp3) is 0.769. The Balaban J connectivity index is 3.44. The van der Waals surface area contributed by atoms with Gasteiger partial charge >= 0.3 is 0 Å². The van der Waals surface area contributed by atoms with Gasteiger partial charge in [-0.25, -0.2) is 4.68 Å². The summed E-state index contributed by atoms with van der Waals surface area (Å²) in [7, 11) is 0. The van der Waals surface area contributed by atoms with E-state index in [4.69, 9.17) is 0 Å². The van der Waals surface area contributed by atoms with Gasteiger partial charge in [0, 0.05) is 11.0 Å². The monoisotopic (exact) mass is 224 g/mol. The normalized spacial score (nSPS) is 12.8. The number of aromatic hydroxyl groups is 1. The SMILES string of the molecule is CC(C)c1c(C(C)(C)C)nn(C(C)C)c1O. The van der Waals surface area contributed by atoms with Gasteiger partial charge in [0.2, 0.25) is 5.88 Å². The van der Waals surface area contributed by atoms with Gasteiger partial charge in [0.05, 0.1) is 11.7 Å². The van der Waals surface area contributed by atoms with Crippen LogP contribution < -0.4 is 0 Å². The van der Waals surface area contributed by atoms with Crippen molar-refractivity contribution < 1.29 is 5.11 Å². The molecule has 0 atom stereocenters. The van der Waals surface area contributed by atoms with Crippen molar-refractivity contribution in [3.05, 3.63) is 11.3 Å². The first-order valence-electron chi connectivity index (χ1n) is 5.98. The smallest absolute Gasteiger partial charge is 0.213 e. The van der Waals surface area contributed by atoms with Crippen molar-refractivity contribution in [3.63, 3.8) is 0 Å². The van der Waals surface area contributed by atoms with Crippen molar-refractivity contribution in [1.29, 1.82) is 0 Å². The molecule has 16 heavy (non-hydrogen) atoms. The molecular formula is C13H24N2O. The molecule has 1 aromatic rings. The maximum atomic E-state index is 10.2. The molecule has 0 unspecified atom stereocenters. The summed E-state index contributed by atoms with van der Waals surface area (Å²) in [4.78, 5) is 0. The first-order chi connectivity index (χ1) is 7.16. The van der Waals surface area contributed by atoms with Crippen LogP contribution in [0, 0.1) is 0 Å². The maximum absolute atomic E-state index is 10.2. The Labute approximate surface area is 98.5 Å². The fourth-order valence-electron chi connectivity index (χ4n) is 1.88. The second-order valence-electron chi connectivity index (χ2n) is 6.03. The fourth-order valence-corrected chi connectivity index (χ4v) is 1.88. The molecule has 0 amide bonds. The summed E-state index contributed by atoms with van der Waals surface area (Å²) in [6, 6.07) is 0.189. The average molecular weight is 224 g/mol. The topological polar surface area (TPSA) is 38.0 Å². The van der Waals surface area contributed by atoms with Gasteiger partial charge in [-0.2, -0.15) is 5.10 Å². The summed E-state index contributed by atoms with van der Waals surface area (Å²) in [5, 5.41) is 14.8. The van der Waals surface area contributed by atoms with Crippen LogP contribution in [0.25, 0.3) is 0 Å². The van der Waals surface area contributed by atoms with E-state index in [1.54, 1.807) is 4.68 Å². The lowest BCUT2D eigenvalue weighted by Gasteiger charge is -2.18. The van der Waals surface area contributed by atoms with E-state index in [9.17, 15) is 5.11 Å². The molecule has 92 valence electrons. The summed E-state index contributed by atoms with van der Waals surface area (Å²) < 4.78 is 1.72. The second kappa shape index (κ2) is 4.11. The molecule has 1 heterocycles. The molecule has 0 saturated carbocycles. The molecular weight excluding hydrogens is 200 g/mol. The van der Waals surface area contributed by atoms with Crippen molar-refractivity contribution in [3.8, 4) is 5.88 Å². The molecule has 3 heteroatoms. The van der Waals surface area contributed by atoms with Crippen LogP contribution in [0.4, 0.5) is 0 Å². The maximum Gasteiger partial charge on any atom is 0.213 e. The lowest BCUT2D eigenvalue weighted by molar-refractivity contribution is 0.371. The van der Waals surface area contributed by atoms with E-state index in [-0.39, 0.29) is 11.5 Å². The summed E-state index contributed by atoms with van der Waals surface area (Å²) in [5.74, 6) is 0.622.